The number of hydrogen-bond acceptors (Lipinski definition) is 3. The van der Waals surface area contributed by atoms with Gasteiger partial charge in [-0.3, -0.25) is 4.79 Å². The number of carbonyl (C=O) groups excluding carboxylic acids is 1. The van der Waals surface area contributed by atoms with Crippen LogP contribution in [0, 0.1) is 0 Å². The van der Waals surface area contributed by atoms with Gasteiger partial charge < -0.3 is 15.0 Å². The fourth-order valence-electron chi connectivity index (χ4n) is 2.30. The van der Waals surface area contributed by atoms with Crippen molar-refractivity contribution in [3.8, 4) is 5.75 Å². The summed E-state index contributed by atoms with van der Waals surface area (Å²) in [5, 5.41) is 3.16. The summed E-state index contributed by atoms with van der Waals surface area (Å²) < 4.78 is 29.3. The van der Waals surface area contributed by atoms with Crippen LogP contribution in [-0.4, -0.2) is 31.7 Å². The maximum absolute atomic E-state index is 12.4. The molecule has 1 heterocycles. The summed E-state index contributed by atoms with van der Waals surface area (Å²) in [6.07, 6.45) is 1.61. The van der Waals surface area contributed by atoms with E-state index in [1.54, 1.807) is 18.2 Å². The van der Waals surface area contributed by atoms with Crippen LogP contribution in [0.3, 0.4) is 0 Å². The van der Waals surface area contributed by atoms with Crippen molar-refractivity contribution in [2.45, 2.75) is 32.4 Å². The summed E-state index contributed by atoms with van der Waals surface area (Å²) in [5.41, 5.74) is 0.401. The van der Waals surface area contributed by atoms with Crippen LogP contribution in [0.1, 0.15) is 19.8 Å². The first-order valence-corrected chi connectivity index (χ1v) is 6.72. The van der Waals surface area contributed by atoms with Crippen molar-refractivity contribution >= 4 is 11.6 Å². The molecule has 0 spiro atoms. The zero-order chi connectivity index (χ0) is 14.5. The van der Waals surface area contributed by atoms with Gasteiger partial charge in [0.2, 0.25) is 5.91 Å². The summed E-state index contributed by atoms with van der Waals surface area (Å²) in [7, 11) is 0. The molecule has 1 unspecified atom stereocenters. The van der Waals surface area contributed by atoms with Crippen LogP contribution >= 0.6 is 0 Å². The molecule has 1 atom stereocenters. The summed E-state index contributed by atoms with van der Waals surface area (Å²) in [6.45, 7) is 0.391. The Morgan fingerprint density at radius 1 is 1.45 bits per heavy atom. The van der Waals surface area contributed by atoms with Gasteiger partial charge in [-0.25, -0.2) is 0 Å². The van der Waals surface area contributed by atoms with Crippen LogP contribution in [0.2, 0.25) is 0 Å². The molecule has 20 heavy (non-hydrogen) atoms. The van der Waals surface area contributed by atoms with E-state index >= 15 is 0 Å². The molecular weight excluding hydrogens is 266 g/mol. The largest absolute Gasteiger partial charge is 0.433 e. The number of anilines is 1. The van der Waals surface area contributed by atoms with Crippen molar-refractivity contribution in [2.24, 2.45) is 0 Å². The molecule has 0 saturated carbocycles. The zero-order valence-electron chi connectivity index (χ0n) is 11.3. The van der Waals surface area contributed by atoms with E-state index in [0.29, 0.717) is 18.7 Å². The van der Waals surface area contributed by atoms with Crippen molar-refractivity contribution in [1.82, 2.24) is 5.32 Å². The number of nitrogens with one attached hydrogen (secondary N) is 1. The SMILES string of the molecule is CCCNC1CCN(c2ccccc2OC(F)F)C1=O. The minimum absolute atomic E-state index is 0.0343. The predicted molar refractivity (Wildman–Crippen MR) is 72.1 cm³/mol. The van der Waals surface area contributed by atoms with Crippen molar-refractivity contribution in [3.05, 3.63) is 24.3 Å². The minimum atomic E-state index is -2.90. The Balaban J connectivity index is 2.14. The number of halogens is 2. The molecule has 1 amide bonds. The second kappa shape index (κ2) is 6.65. The molecule has 1 aliphatic rings. The highest BCUT2D eigenvalue weighted by molar-refractivity contribution is 6.00. The Labute approximate surface area is 116 Å². The quantitative estimate of drug-likeness (QED) is 0.872. The first-order valence-electron chi connectivity index (χ1n) is 6.72. The highest BCUT2D eigenvalue weighted by atomic mass is 19.3. The normalized spacial score (nSPS) is 18.9. The average molecular weight is 284 g/mol. The smallest absolute Gasteiger partial charge is 0.387 e. The van der Waals surface area contributed by atoms with Crippen molar-refractivity contribution in [3.63, 3.8) is 0 Å². The Kier molecular flexibility index (Phi) is 4.89. The standard InChI is InChI=1S/C14H18F2N2O2/c1-2-8-17-10-7-9-18(13(10)19)11-5-3-4-6-12(11)20-14(15)16/h3-6,10,14,17H,2,7-9H2,1H3. The van der Waals surface area contributed by atoms with Crippen LogP contribution < -0.4 is 15.0 Å². The molecule has 0 aliphatic carbocycles. The van der Waals surface area contributed by atoms with Crippen molar-refractivity contribution in [2.75, 3.05) is 18.0 Å². The molecular formula is C14H18F2N2O2. The van der Waals surface area contributed by atoms with E-state index in [9.17, 15) is 13.6 Å². The van der Waals surface area contributed by atoms with Gasteiger partial charge in [-0.1, -0.05) is 19.1 Å². The maximum atomic E-state index is 12.4. The number of ether oxygens (including phenoxy) is 1. The van der Waals surface area contributed by atoms with Crippen LogP contribution in [0.5, 0.6) is 5.75 Å². The lowest BCUT2D eigenvalue weighted by Crippen LogP contribution is -2.38. The molecule has 1 saturated heterocycles. The first-order chi connectivity index (χ1) is 9.63. The Morgan fingerprint density at radius 2 is 2.20 bits per heavy atom. The van der Waals surface area contributed by atoms with Gasteiger partial charge in [0.25, 0.3) is 0 Å². The lowest BCUT2D eigenvalue weighted by atomic mass is 10.2. The zero-order valence-corrected chi connectivity index (χ0v) is 11.3. The third-order valence-electron chi connectivity index (χ3n) is 3.22. The number of carbonyl (C=O) groups is 1. The van der Waals surface area contributed by atoms with E-state index in [2.05, 4.69) is 10.1 Å². The van der Waals surface area contributed by atoms with Gasteiger partial charge in [-0.2, -0.15) is 8.78 Å². The van der Waals surface area contributed by atoms with Gasteiger partial charge in [0.1, 0.15) is 5.75 Å². The Morgan fingerprint density at radius 3 is 2.90 bits per heavy atom. The molecule has 0 bridgehead atoms. The monoisotopic (exact) mass is 284 g/mol. The number of nitrogens with zero attached hydrogens (tertiary/aromatic N) is 1. The third-order valence-corrected chi connectivity index (χ3v) is 3.22. The fraction of sp³-hybridized carbons (Fsp3) is 0.500. The molecule has 0 radical (unpaired) electrons. The molecule has 4 nitrogen and oxygen atoms in total. The van der Waals surface area contributed by atoms with Gasteiger partial charge in [0.15, 0.2) is 0 Å². The third kappa shape index (κ3) is 3.25. The van der Waals surface area contributed by atoms with Crippen molar-refractivity contribution < 1.29 is 18.3 Å². The summed E-state index contributed by atoms with van der Waals surface area (Å²) in [4.78, 5) is 13.8. The maximum Gasteiger partial charge on any atom is 0.387 e. The molecule has 1 aromatic rings. The number of para-hydroxylation sites is 2. The lowest BCUT2D eigenvalue weighted by molar-refractivity contribution is -0.118. The predicted octanol–water partition coefficient (Wildman–Crippen LogP) is 2.39. The van der Waals surface area contributed by atoms with E-state index in [4.69, 9.17) is 0 Å². The highest BCUT2D eigenvalue weighted by Crippen LogP contribution is 2.32. The Bertz CT molecular complexity index is 468. The average Bonchev–Trinajstić information content (AvgIpc) is 2.78. The second-order valence-electron chi connectivity index (χ2n) is 4.63. The molecule has 1 fully saturated rings. The highest BCUT2D eigenvalue weighted by Gasteiger charge is 2.33. The molecule has 0 aromatic heterocycles. The van der Waals surface area contributed by atoms with E-state index in [-0.39, 0.29) is 17.7 Å². The number of benzene rings is 1. The van der Waals surface area contributed by atoms with Gasteiger partial charge in [0, 0.05) is 6.54 Å². The lowest BCUT2D eigenvalue weighted by Gasteiger charge is -2.20. The summed E-state index contributed by atoms with van der Waals surface area (Å²) in [5.74, 6) is -0.0595. The summed E-state index contributed by atoms with van der Waals surface area (Å²) >= 11 is 0. The van der Waals surface area contributed by atoms with Gasteiger partial charge in [0.05, 0.1) is 11.7 Å². The Hall–Kier alpha value is -1.69. The fourth-order valence-corrected chi connectivity index (χ4v) is 2.30. The number of amides is 1. The van der Waals surface area contributed by atoms with Crippen molar-refractivity contribution in [1.29, 1.82) is 0 Å². The molecule has 110 valence electrons. The topological polar surface area (TPSA) is 41.6 Å². The van der Waals surface area contributed by atoms with Gasteiger partial charge >= 0.3 is 6.61 Å². The molecule has 1 N–H and O–H groups in total. The summed E-state index contributed by atoms with van der Waals surface area (Å²) in [6, 6.07) is 6.14. The molecule has 1 aromatic carbocycles. The minimum Gasteiger partial charge on any atom is -0.433 e. The van der Waals surface area contributed by atoms with E-state index in [1.807, 2.05) is 6.92 Å². The van der Waals surface area contributed by atoms with Gasteiger partial charge in [-0.05, 0) is 31.5 Å². The number of rotatable bonds is 6. The number of hydrogen-bond donors (Lipinski definition) is 1. The van der Waals surface area contributed by atoms with Crippen LogP contribution in [0.4, 0.5) is 14.5 Å². The molecule has 6 heteroatoms. The van der Waals surface area contributed by atoms with E-state index < -0.39 is 6.61 Å². The van der Waals surface area contributed by atoms with Crippen LogP contribution in [0.25, 0.3) is 0 Å². The first kappa shape index (κ1) is 14.7. The number of alkyl halides is 2. The van der Waals surface area contributed by atoms with Gasteiger partial charge in [-0.15, -0.1) is 0 Å². The van der Waals surface area contributed by atoms with Crippen LogP contribution in [0.15, 0.2) is 24.3 Å². The molecule has 1 aliphatic heterocycles. The van der Waals surface area contributed by atoms with E-state index in [0.717, 1.165) is 13.0 Å². The van der Waals surface area contributed by atoms with Crippen LogP contribution in [-0.2, 0) is 4.79 Å². The second-order valence-corrected chi connectivity index (χ2v) is 4.63. The molecule has 2 rings (SSSR count). The van der Waals surface area contributed by atoms with E-state index in [1.165, 1.54) is 11.0 Å².